The van der Waals surface area contributed by atoms with Gasteiger partial charge in [0.25, 0.3) is 5.91 Å². The average Bonchev–Trinajstić information content (AvgIpc) is 3.39. The molecular formula is C25H27F6N3O6. The Balaban J connectivity index is 0.000000333. The summed E-state index contributed by atoms with van der Waals surface area (Å²) in [6.07, 6.45) is -3.15. The van der Waals surface area contributed by atoms with Crippen LogP contribution < -0.4 is 4.74 Å². The lowest BCUT2D eigenvalue weighted by atomic mass is 9.81. The smallest absolute Gasteiger partial charge is 0.490 e. The molecule has 0 unspecified atom stereocenters. The van der Waals surface area contributed by atoms with Crippen LogP contribution in [0.15, 0.2) is 36.7 Å². The van der Waals surface area contributed by atoms with Crippen molar-refractivity contribution in [1.29, 1.82) is 0 Å². The highest BCUT2D eigenvalue weighted by Gasteiger charge is 2.51. The highest BCUT2D eigenvalue weighted by molar-refractivity contribution is 5.94. The van der Waals surface area contributed by atoms with Crippen LogP contribution in [-0.4, -0.2) is 75.0 Å². The molecule has 2 fully saturated rings. The van der Waals surface area contributed by atoms with Gasteiger partial charge in [-0.15, -0.1) is 0 Å². The number of nitrogens with zero attached hydrogens (tertiary/aromatic N) is 3. The third-order valence-electron chi connectivity index (χ3n) is 6.30. The Kier molecular flexibility index (Phi) is 10.5. The van der Waals surface area contributed by atoms with E-state index in [4.69, 9.17) is 24.5 Å². The summed E-state index contributed by atoms with van der Waals surface area (Å²) in [5, 5.41) is 14.2. The fourth-order valence-corrected chi connectivity index (χ4v) is 4.61. The van der Waals surface area contributed by atoms with Crippen LogP contribution in [0.5, 0.6) is 5.75 Å². The van der Waals surface area contributed by atoms with E-state index < -0.39 is 24.3 Å². The van der Waals surface area contributed by atoms with Crippen molar-refractivity contribution in [3.63, 3.8) is 0 Å². The van der Waals surface area contributed by atoms with E-state index in [1.165, 1.54) is 12.8 Å². The number of alkyl halides is 6. The number of carbonyl (C=O) groups is 3. The molecule has 0 spiro atoms. The number of likely N-dealkylation sites (tertiary alicyclic amines) is 1. The third-order valence-corrected chi connectivity index (χ3v) is 6.30. The summed E-state index contributed by atoms with van der Waals surface area (Å²) in [6.45, 7) is 6.13. The molecule has 40 heavy (non-hydrogen) atoms. The summed E-state index contributed by atoms with van der Waals surface area (Å²) in [7, 11) is 0. The lowest BCUT2D eigenvalue weighted by Crippen LogP contribution is -2.35. The van der Waals surface area contributed by atoms with Crippen LogP contribution in [0.1, 0.15) is 41.0 Å². The number of carboxylic acid groups (broad SMARTS) is 2. The molecule has 0 bridgehead atoms. The van der Waals surface area contributed by atoms with Crippen molar-refractivity contribution in [1.82, 2.24) is 14.9 Å². The van der Waals surface area contributed by atoms with Crippen molar-refractivity contribution in [2.75, 3.05) is 19.7 Å². The monoisotopic (exact) mass is 579 g/mol. The van der Waals surface area contributed by atoms with Gasteiger partial charge in [-0.05, 0) is 56.9 Å². The largest absolute Gasteiger partial charge is 0.491 e. The van der Waals surface area contributed by atoms with Gasteiger partial charge in [-0.25, -0.2) is 9.59 Å². The van der Waals surface area contributed by atoms with E-state index in [0.717, 1.165) is 42.2 Å². The van der Waals surface area contributed by atoms with Crippen LogP contribution in [0.4, 0.5) is 26.3 Å². The summed E-state index contributed by atoms with van der Waals surface area (Å²) in [4.78, 5) is 41.4. The van der Waals surface area contributed by atoms with E-state index >= 15 is 0 Å². The number of aryl methyl sites for hydroxylation is 2. The molecule has 1 aliphatic carbocycles. The second kappa shape index (κ2) is 13.0. The highest BCUT2D eigenvalue weighted by atomic mass is 19.4. The fourth-order valence-electron chi connectivity index (χ4n) is 4.61. The molecular weight excluding hydrogens is 552 g/mol. The summed E-state index contributed by atoms with van der Waals surface area (Å²) in [5.41, 5.74) is 2.60. The number of halogens is 6. The third kappa shape index (κ3) is 9.09. The average molecular weight is 579 g/mol. The molecule has 220 valence electrons. The molecule has 1 amide bonds. The predicted octanol–water partition coefficient (Wildman–Crippen LogP) is 4.68. The summed E-state index contributed by atoms with van der Waals surface area (Å²) < 4.78 is 69.5. The van der Waals surface area contributed by atoms with Crippen LogP contribution >= 0.6 is 0 Å². The highest BCUT2D eigenvalue weighted by Crippen LogP contribution is 2.49. The molecule has 1 saturated heterocycles. The molecule has 1 saturated carbocycles. The number of rotatable bonds is 4. The number of aromatic nitrogens is 2. The Hall–Kier alpha value is -3.91. The molecule has 2 aliphatic rings. The van der Waals surface area contributed by atoms with Gasteiger partial charge in [0.2, 0.25) is 0 Å². The van der Waals surface area contributed by atoms with Crippen molar-refractivity contribution in [2.45, 2.75) is 45.5 Å². The molecule has 2 N–H and O–H groups in total. The number of pyridine rings is 2. The molecule has 0 aromatic carbocycles. The molecule has 1 aliphatic heterocycles. The van der Waals surface area contributed by atoms with Crippen molar-refractivity contribution >= 4 is 17.8 Å². The van der Waals surface area contributed by atoms with Crippen molar-refractivity contribution < 1.29 is 55.7 Å². The summed E-state index contributed by atoms with van der Waals surface area (Å²) >= 11 is 0. The Labute approximate surface area is 224 Å². The Morgan fingerprint density at radius 2 is 1.60 bits per heavy atom. The molecule has 2 aromatic rings. The minimum absolute atomic E-state index is 0.0720. The Bertz CT molecular complexity index is 1150. The van der Waals surface area contributed by atoms with Crippen LogP contribution in [0.3, 0.4) is 0 Å². The van der Waals surface area contributed by atoms with E-state index in [2.05, 4.69) is 9.97 Å². The zero-order valence-corrected chi connectivity index (χ0v) is 21.4. The zero-order chi connectivity index (χ0) is 30.3. The van der Waals surface area contributed by atoms with Gasteiger partial charge < -0.3 is 19.8 Å². The SMILES string of the molecule is Cc1cc(C(=O)N2C[C@H]3CCC[C@@]3(COc3cccnc3)C2)cc(C)n1.O=C(O)C(F)(F)F.O=C(O)C(F)(F)F. The van der Waals surface area contributed by atoms with E-state index in [-0.39, 0.29) is 11.3 Å². The summed E-state index contributed by atoms with van der Waals surface area (Å²) in [6, 6.07) is 7.61. The minimum Gasteiger partial charge on any atom is -0.491 e. The van der Waals surface area contributed by atoms with Crippen LogP contribution in [0.2, 0.25) is 0 Å². The van der Waals surface area contributed by atoms with Gasteiger partial charge in [0.1, 0.15) is 5.75 Å². The van der Waals surface area contributed by atoms with Crippen LogP contribution in [0, 0.1) is 25.2 Å². The number of hydrogen-bond donors (Lipinski definition) is 2. The van der Waals surface area contributed by atoms with Crippen molar-refractivity contribution in [3.8, 4) is 5.75 Å². The van der Waals surface area contributed by atoms with Gasteiger partial charge in [-0.1, -0.05) is 6.42 Å². The molecule has 2 aromatic heterocycles. The van der Waals surface area contributed by atoms with E-state index in [9.17, 15) is 31.1 Å². The first-order valence-electron chi connectivity index (χ1n) is 11.8. The molecule has 2 atom stereocenters. The zero-order valence-electron chi connectivity index (χ0n) is 21.4. The summed E-state index contributed by atoms with van der Waals surface area (Å²) in [5.74, 6) is -4.07. The lowest BCUT2D eigenvalue weighted by Gasteiger charge is -2.28. The number of hydrogen-bond acceptors (Lipinski definition) is 6. The maximum Gasteiger partial charge on any atom is 0.490 e. The van der Waals surface area contributed by atoms with Gasteiger partial charge in [0.05, 0.1) is 12.8 Å². The number of ether oxygens (including phenoxy) is 1. The van der Waals surface area contributed by atoms with Crippen LogP contribution in [0.25, 0.3) is 0 Å². The second-order valence-corrected chi connectivity index (χ2v) is 9.36. The number of carboxylic acids is 2. The van der Waals surface area contributed by atoms with Crippen molar-refractivity contribution in [3.05, 3.63) is 53.6 Å². The number of aliphatic carboxylic acids is 2. The van der Waals surface area contributed by atoms with E-state index in [1.54, 1.807) is 12.4 Å². The lowest BCUT2D eigenvalue weighted by molar-refractivity contribution is -0.193. The van der Waals surface area contributed by atoms with Gasteiger partial charge in [0.15, 0.2) is 0 Å². The first kappa shape index (κ1) is 32.3. The molecule has 4 rings (SSSR count). The maximum atomic E-state index is 13.0. The van der Waals surface area contributed by atoms with E-state index in [0.29, 0.717) is 12.5 Å². The Morgan fingerprint density at radius 1 is 1.05 bits per heavy atom. The molecule has 9 nitrogen and oxygen atoms in total. The fraction of sp³-hybridized carbons (Fsp3) is 0.480. The quantitative estimate of drug-likeness (QED) is 0.500. The first-order chi connectivity index (χ1) is 18.4. The Morgan fingerprint density at radius 3 is 2.08 bits per heavy atom. The van der Waals surface area contributed by atoms with Gasteiger partial charge in [-0.2, -0.15) is 26.3 Å². The van der Waals surface area contributed by atoms with Gasteiger partial charge >= 0.3 is 24.3 Å². The molecule has 15 heteroatoms. The number of amides is 1. The van der Waals surface area contributed by atoms with Crippen molar-refractivity contribution in [2.24, 2.45) is 11.3 Å². The van der Waals surface area contributed by atoms with Gasteiger partial charge in [-0.3, -0.25) is 14.8 Å². The van der Waals surface area contributed by atoms with Gasteiger partial charge in [0, 0.05) is 41.7 Å². The maximum absolute atomic E-state index is 13.0. The predicted molar refractivity (Wildman–Crippen MR) is 127 cm³/mol. The minimum atomic E-state index is -5.08. The van der Waals surface area contributed by atoms with E-state index in [1.807, 2.05) is 43.0 Å². The first-order valence-corrected chi connectivity index (χ1v) is 11.8. The molecule has 0 radical (unpaired) electrons. The standard InChI is InChI=1S/C21H25N3O2.2C2HF3O2/c1-15-9-17(10-16(2)23-15)20(25)24-12-18-5-3-7-21(18,13-24)14-26-19-6-4-8-22-11-19;2*3-2(4,5)1(6)7/h4,6,8-11,18H,3,5,7,12-14H2,1-2H3;2*(H,6,7)/t18-,21+;;/m1../s1. The normalized spacial score (nSPS) is 19.9. The number of carbonyl (C=O) groups excluding carboxylic acids is 1. The topological polar surface area (TPSA) is 130 Å². The second-order valence-electron chi connectivity index (χ2n) is 9.36. The molecule has 3 heterocycles. The van der Waals surface area contributed by atoms with Crippen LogP contribution in [-0.2, 0) is 9.59 Å². The number of fused-ring (bicyclic) bond motifs is 1.